The third-order valence-corrected chi connectivity index (χ3v) is 6.64. The minimum atomic E-state index is -0.930. The number of aryl methyl sites for hydroxylation is 2. The van der Waals surface area contributed by atoms with Gasteiger partial charge in [-0.1, -0.05) is 108 Å². The highest BCUT2D eigenvalue weighted by Crippen LogP contribution is 2.23. The molecule has 0 aliphatic carbocycles. The molecule has 0 aliphatic rings. The van der Waals surface area contributed by atoms with E-state index in [0.717, 1.165) is 11.1 Å². The number of hydrogen-bond acceptors (Lipinski definition) is 1. The van der Waals surface area contributed by atoms with Gasteiger partial charge in [0.15, 0.2) is 0 Å². The Labute approximate surface area is 182 Å². The quantitative estimate of drug-likeness (QED) is 0.311. The van der Waals surface area contributed by atoms with Crippen LogP contribution in [0.3, 0.4) is 0 Å². The van der Waals surface area contributed by atoms with Gasteiger partial charge in [0.1, 0.15) is 11.5 Å². The Kier molecular flexibility index (Phi) is 6.37. The molecule has 0 fully saturated rings. The fourth-order valence-corrected chi connectivity index (χ4v) is 4.73. The molecule has 0 N–H and O–H groups in total. The standard InChI is InChI=1S/C28H26OS/c1-21-3-11-25(12-4-21)27-15-7-23(8-16-27)19-30(29)20-24-9-17-28(18-10-24)26-13-5-22(2)6-14-26/h3-18H,19-20H2,1-2H3. The molecule has 0 unspecified atom stereocenters. The fraction of sp³-hybridized carbons (Fsp3) is 0.143. The zero-order valence-electron chi connectivity index (χ0n) is 17.5. The topological polar surface area (TPSA) is 23.1 Å². The molecule has 0 aromatic heterocycles. The van der Waals surface area contributed by atoms with Crippen molar-refractivity contribution in [2.75, 3.05) is 0 Å². The van der Waals surface area contributed by atoms with Crippen LogP contribution in [0.15, 0.2) is 97.1 Å². The molecule has 2 heteroatoms. The summed E-state index contributed by atoms with van der Waals surface area (Å²) in [5.41, 5.74) is 9.55. The molecule has 0 heterocycles. The molecule has 4 rings (SSSR count). The minimum Gasteiger partial charge on any atom is -0.616 e. The average Bonchev–Trinajstić information content (AvgIpc) is 2.76. The molecule has 0 saturated carbocycles. The summed E-state index contributed by atoms with van der Waals surface area (Å²) < 4.78 is 12.7. The molecule has 0 saturated heterocycles. The molecule has 0 bridgehead atoms. The summed E-state index contributed by atoms with van der Waals surface area (Å²) in [7, 11) is 0. The van der Waals surface area contributed by atoms with Crippen molar-refractivity contribution in [2.24, 2.45) is 0 Å². The highest BCUT2D eigenvalue weighted by atomic mass is 32.2. The van der Waals surface area contributed by atoms with Crippen LogP contribution in [0, 0.1) is 13.8 Å². The van der Waals surface area contributed by atoms with Gasteiger partial charge in [0.2, 0.25) is 0 Å². The van der Waals surface area contributed by atoms with Gasteiger partial charge in [-0.15, -0.1) is 0 Å². The second-order valence-corrected chi connectivity index (χ2v) is 9.31. The van der Waals surface area contributed by atoms with Gasteiger partial charge >= 0.3 is 0 Å². The Morgan fingerprint density at radius 3 is 1.03 bits per heavy atom. The van der Waals surface area contributed by atoms with Gasteiger partial charge in [-0.2, -0.15) is 0 Å². The SMILES string of the molecule is Cc1ccc(-c2ccc(C[S+]([O-])Cc3ccc(-c4ccc(C)cc4)cc3)cc2)cc1. The molecule has 1 nitrogen and oxygen atoms in total. The normalized spacial score (nSPS) is 11.1. The summed E-state index contributed by atoms with van der Waals surface area (Å²) in [5.74, 6) is 1.15. The van der Waals surface area contributed by atoms with Gasteiger partial charge in [-0.3, -0.25) is 0 Å². The number of benzene rings is 4. The number of hydrogen-bond donors (Lipinski definition) is 0. The maximum Gasteiger partial charge on any atom is 0.131 e. The van der Waals surface area contributed by atoms with Gasteiger partial charge in [0, 0.05) is 11.1 Å². The molecular formula is C28H26OS. The number of rotatable bonds is 6. The Balaban J connectivity index is 1.36. The van der Waals surface area contributed by atoms with Crippen molar-refractivity contribution >= 4 is 11.2 Å². The van der Waals surface area contributed by atoms with Crippen LogP contribution >= 0.6 is 0 Å². The predicted octanol–water partition coefficient (Wildman–Crippen LogP) is 7.09. The second-order valence-electron chi connectivity index (χ2n) is 7.85. The molecule has 4 aromatic carbocycles. The van der Waals surface area contributed by atoms with Crippen molar-refractivity contribution < 1.29 is 4.55 Å². The van der Waals surface area contributed by atoms with Crippen LogP contribution in [0.25, 0.3) is 22.3 Å². The lowest BCUT2D eigenvalue weighted by atomic mass is 10.0. The summed E-state index contributed by atoms with van der Waals surface area (Å²) >= 11 is -0.930. The van der Waals surface area contributed by atoms with E-state index in [2.05, 4.69) is 111 Å². The van der Waals surface area contributed by atoms with Crippen molar-refractivity contribution in [3.63, 3.8) is 0 Å². The molecule has 150 valence electrons. The van der Waals surface area contributed by atoms with Crippen LogP contribution in [-0.4, -0.2) is 4.55 Å². The van der Waals surface area contributed by atoms with Gasteiger partial charge in [0.25, 0.3) is 0 Å². The molecule has 0 atom stereocenters. The Morgan fingerprint density at radius 2 is 0.733 bits per heavy atom. The average molecular weight is 411 g/mol. The first-order valence-corrected chi connectivity index (χ1v) is 11.7. The highest BCUT2D eigenvalue weighted by Gasteiger charge is 2.10. The van der Waals surface area contributed by atoms with Crippen molar-refractivity contribution in [3.05, 3.63) is 119 Å². The van der Waals surface area contributed by atoms with Crippen LogP contribution in [0.5, 0.6) is 0 Å². The largest absolute Gasteiger partial charge is 0.616 e. The fourth-order valence-electron chi connectivity index (χ4n) is 3.50. The lowest BCUT2D eigenvalue weighted by molar-refractivity contribution is 0.593. The summed E-state index contributed by atoms with van der Waals surface area (Å²) in [5, 5.41) is 0. The summed E-state index contributed by atoms with van der Waals surface area (Å²) in [4.78, 5) is 0. The van der Waals surface area contributed by atoms with Crippen molar-refractivity contribution in [1.82, 2.24) is 0 Å². The summed E-state index contributed by atoms with van der Waals surface area (Å²) in [6.07, 6.45) is 0. The smallest absolute Gasteiger partial charge is 0.131 e. The molecule has 4 aromatic rings. The molecule has 0 aliphatic heterocycles. The van der Waals surface area contributed by atoms with E-state index < -0.39 is 11.2 Å². The second kappa shape index (κ2) is 9.34. The Morgan fingerprint density at radius 1 is 0.467 bits per heavy atom. The van der Waals surface area contributed by atoms with Gasteiger partial charge in [0.05, 0.1) is 0 Å². The molecular weight excluding hydrogens is 384 g/mol. The van der Waals surface area contributed by atoms with E-state index in [0.29, 0.717) is 11.5 Å². The van der Waals surface area contributed by atoms with Crippen molar-refractivity contribution in [2.45, 2.75) is 25.4 Å². The van der Waals surface area contributed by atoms with Gasteiger partial charge in [-0.25, -0.2) is 0 Å². The van der Waals surface area contributed by atoms with Crippen molar-refractivity contribution in [1.29, 1.82) is 0 Å². The zero-order chi connectivity index (χ0) is 20.9. The van der Waals surface area contributed by atoms with E-state index in [-0.39, 0.29) is 0 Å². The molecule has 0 radical (unpaired) electrons. The first kappa shape index (κ1) is 20.5. The van der Waals surface area contributed by atoms with E-state index in [1.807, 2.05) is 0 Å². The third kappa shape index (κ3) is 5.21. The van der Waals surface area contributed by atoms with E-state index >= 15 is 0 Å². The van der Waals surface area contributed by atoms with E-state index in [1.54, 1.807) is 0 Å². The lowest BCUT2D eigenvalue weighted by Crippen LogP contribution is -2.07. The molecule has 30 heavy (non-hydrogen) atoms. The summed E-state index contributed by atoms with van der Waals surface area (Å²) in [6, 6.07) is 33.9. The van der Waals surface area contributed by atoms with E-state index in [4.69, 9.17) is 0 Å². The van der Waals surface area contributed by atoms with Crippen molar-refractivity contribution in [3.8, 4) is 22.3 Å². The maximum atomic E-state index is 12.7. The van der Waals surface area contributed by atoms with Gasteiger partial charge < -0.3 is 4.55 Å². The molecule has 0 spiro atoms. The molecule has 0 amide bonds. The van der Waals surface area contributed by atoms with Crippen LogP contribution in [0.2, 0.25) is 0 Å². The van der Waals surface area contributed by atoms with Crippen LogP contribution in [0.4, 0.5) is 0 Å². The van der Waals surface area contributed by atoms with Crippen LogP contribution in [0.1, 0.15) is 22.3 Å². The van der Waals surface area contributed by atoms with Crippen LogP contribution < -0.4 is 0 Å². The van der Waals surface area contributed by atoms with Gasteiger partial charge in [-0.05, 0) is 47.3 Å². The lowest BCUT2D eigenvalue weighted by Gasteiger charge is -2.12. The highest BCUT2D eigenvalue weighted by molar-refractivity contribution is 7.89. The van der Waals surface area contributed by atoms with E-state index in [1.165, 1.54) is 33.4 Å². The Bertz CT molecular complexity index is 988. The predicted molar refractivity (Wildman–Crippen MR) is 129 cm³/mol. The van der Waals surface area contributed by atoms with Crippen LogP contribution in [-0.2, 0) is 22.7 Å². The third-order valence-electron chi connectivity index (χ3n) is 5.33. The zero-order valence-corrected chi connectivity index (χ0v) is 18.3. The van der Waals surface area contributed by atoms with E-state index in [9.17, 15) is 4.55 Å². The first-order valence-electron chi connectivity index (χ1n) is 10.2. The monoisotopic (exact) mass is 410 g/mol. The minimum absolute atomic E-state index is 0.577. The first-order chi connectivity index (χ1) is 14.6. The maximum absolute atomic E-state index is 12.7. The Hall–Kier alpha value is -2.81. The summed E-state index contributed by atoms with van der Waals surface area (Å²) in [6.45, 7) is 4.19.